The van der Waals surface area contributed by atoms with E-state index in [1.807, 2.05) is 43.3 Å². The summed E-state index contributed by atoms with van der Waals surface area (Å²) in [6.07, 6.45) is 0. The van der Waals surface area contributed by atoms with E-state index in [9.17, 15) is 4.79 Å². The van der Waals surface area contributed by atoms with Gasteiger partial charge in [-0.25, -0.2) is 4.79 Å². The molecule has 3 aromatic rings. The first kappa shape index (κ1) is 16.7. The van der Waals surface area contributed by atoms with Gasteiger partial charge in [0.25, 0.3) is 0 Å². The van der Waals surface area contributed by atoms with Crippen molar-refractivity contribution in [2.75, 3.05) is 5.32 Å². The van der Waals surface area contributed by atoms with Crippen LogP contribution in [0.4, 0.5) is 5.69 Å². The number of thiocarbonyl (C=S) groups is 1. The molecule has 2 aromatic carbocycles. The Balaban J connectivity index is 1.71. The third kappa shape index (κ3) is 3.83. The van der Waals surface area contributed by atoms with Crippen LogP contribution in [0.3, 0.4) is 0 Å². The molecule has 0 saturated carbocycles. The van der Waals surface area contributed by atoms with E-state index < -0.39 is 0 Å². The van der Waals surface area contributed by atoms with Gasteiger partial charge in [0.1, 0.15) is 5.58 Å². The minimum absolute atomic E-state index is 0.355. The maximum Gasteiger partial charge on any atom is 0.336 e. The molecule has 0 unspecified atom stereocenters. The Morgan fingerprint density at radius 2 is 2.00 bits per heavy atom. The largest absolute Gasteiger partial charge is 0.423 e. The van der Waals surface area contributed by atoms with Gasteiger partial charge in [0.05, 0.1) is 0 Å². The number of anilines is 1. The molecule has 0 bridgehead atoms. The zero-order chi connectivity index (χ0) is 17.1. The summed E-state index contributed by atoms with van der Waals surface area (Å²) < 4.78 is 6.28. The lowest BCUT2D eigenvalue weighted by Crippen LogP contribution is -2.28. The lowest BCUT2D eigenvalue weighted by molar-refractivity contribution is 0.560. The number of fused-ring (bicyclic) bond motifs is 1. The summed E-state index contributed by atoms with van der Waals surface area (Å²) in [4.78, 5) is 11.5. The van der Waals surface area contributed by atoms with Crippen molar-refractivity contribution in [1.82, 2.24) is 5.32 Å². The summed E-state index contributed by atoms with van der Waals surface area (Å²) in [6, 6.07) is 15.0. The van der Waals surface area contributed by atoms with E-state index >= 15 is 0 Å². The maximum atomic E-state index is 11.5. The van der Waals surface area contributed by atoms with Crippen molar-refractivity contribution >= 4 is 49.9 Å². The van der Waals surface area contributed by atoms with Crippen molar-refractivity contribution in [1.29, 1.82) is 0 Å². The highest BCUT2D eigenvalue weighted by atomic mass is 79.9. The molecule has 0 atom stereocenters. The Labute approximate surface area is 153 Å². The Bertz CT molecular complexity index is 969. The molecule has 1 heterocycles. The molecule has 0 amide bonds. The molecule has 0 spiro atoms. The van der Waals surface area contributed by atoms with Gasteiger partial charge in [-0.3, -0.25) is 0 Å². The standard InChI is InChI=1S/C18H15BrN2O2S/c1-11-8-17(22)23-16-9-13(6-7-14(11)16)21-18(24)20-10-12-4-2-3-5-15(12)19/h2-9H,10H2,1H3,(H2,20,21,24). The van der Waals surface area contributed by atoms with E-state index in [-0.39, 0.29) is 5.63 Å². The molecule has 6 heteroatoms. The maximum absolute atomic E-state index is 11.5. The molecule has 0 aliphatic carbocycles. The van der Waals surface area contributed by atoms with Crippen LogP contribution in [0.2, 0.25) is 0 Å². The minimum atomic E-state index is -0.355. The molecule has 122 valence electrons. The number of benzene rings is 2. The summed E-state index contributed by atoms with van der Waals surface area (Å²) in [5.41, 5.74) is 2.95. The van der Waals surface area contributed by atoms with Crippen molar-refractivity contribution < 1.29 is 4.42 Å². The first-order chi connectivity index (χ1) is 11.5. The number of aryl methyl sites for hydroxylation is 1. The summed E-state index contributed by atoms with van der Waals surface area (Å²) in [5.74, 6) is 0. The fourth-order valence-electron chi connectivity index (χ4n) is 2.40. The van der Waals surface area contributed by atoms with Crippen LogP contribution in [0.5, 0.6) is 0 Å². The van der Waals surface area contributed by atoms with E-state index in [2.05, 4.69) is 26.6 Å². The lowest BCUT2D eigenvalue weighted by Gasteiger charge is -2.12. The van der Waals surface area contributed by atoms with Crippen LogP contribution in [-0.4, -0.2) is 5.11 Å². The van der Waals surface area contributed by atoms with Gasteiger partial charge in [-0.2, -0.15) is 0 Å². The number of nitrogens with one attached hydrogen (secondary N) is 2. The topological polar surface area (TPSA) is 54.3 Å². The molecule has 24 heavy (non-hydrogen) atoms. The third-order valence-corrected chi connectivity index (χ3v) is 4.63. The highest BCUT2D eigenvalue weighted by molar-refractivity contribution is 9.10. The highest BCUT2D eigenvalue weighted by Crippen LogP contribution is 2.21. The van der Waals surface area contributed by atoms with Crippen LogP contribution >= 0.6 is 28.1 Å². The van der Waals surface area contributed by atoms with E-state index in [1.165, 1.54) is 6.07 Å². The smallest absolute Gasteiger partial charge is 0.336 e. The quantitative estimate of drug-likeness (QED) is 0.503. The van der Waals surface area contributed by atoms with Gasteiger partial charge in [0, 0.05) is 34.2 Å². The number of hydrogen-bond donors (Lipinski definition) is 2. The van der Waals surface area contributed by atoms with Gasteiger partial charge in [0.15, 0.2) is 5.11 Å². The predicted octanol–water partition coefficient (Wildman–Crippen LogP) is 4.35. The summed E-state index contributed by atoms with van der Waals surface area (Å²) >= 11 is 8.83. The van der Waals surface area contributed by atoms with Crippen LogP contribution in [0.1, 0.15) is 11.1 Å². The average molecular weight is 403 g/mol. The first-order valence-electron chi connectivity index (χ1n) is 7.36. The molecular formula is C18H15BrN2O2S. The van der Waals surface area contributed by atoms with Gasteiger partial charge in [-0.05, 0) is 48.5 Å². The van der Waals surface area contributed by atoms with Crippen molar-refractivity contribution in [3.05, 3.63) is 74.6 Å². The normalized spacial score (nSPS) is 10.6. The molecule has 0 saturated heterocycles. The predicted molar refractivity (Wildman–Crippen MR) is 104 cm³/mol. The fraction of sp³-hybridized carbons (Fsp3) is 0.111. The van der Waals surface area contributed by atoms with Crippen LogP contribution in [-0.2, 0) is 6.54 Å². The fourth-order valence-corrected chi connectivity index (χ4v) is 3.01. The van der Waals surface area contributed by atoms with Crippen LogP contribution in [0.25, 0.3) is 11.0 Å². The van der Waals surface area contributed by atoms with Gasteiger partial charge in [-0.1, -0.05) is 34.1 Å². The number of rotatable bonds is 3. The molecule has 0 radical (unpaired) electrons. The summed E-state index contributed by atoms with van der Waals surface area (Å²) in [7, 11) is 0. The number of hydrogen-bond acceptors (Lipinski definition) is 3. The molecule has 4 nitrogen and oxygen atoms in total. The molecular weight excluding hydrogens is 388 g/mol. The monoisotopic (exact) mass is 402 g/mol. The van der Waals surface area contributed by atoms with Crippen LogP contribution in [0, 0.1) is 6.92 Å². The zero-order valence-corrected chi connectivity index (χ0v) is 15.3. The first-order valence-corrected chi connectivity index (χ1v) is 8.56. The molecule has 3 rings (SSSR count). The van der Waals surface area contributed by atoms with Crippen molar-refractivity contribution in [3.63, 3.8) is 0 Å². The van der Waals surface area contributed by atoms with Gasteiger partial charge >= 0.3 is 5.63 Å². The zero-order valence-electron chi connectivity index (χ0n) is 12.9. The second-order valence-corrected chi connectivity index (χ2v) is 6.62. The highest BCUT2D eigenvalue weighted by Gasteiger charge is 2.05. The third-order valence-electron chi connectivity index (χ3n) is 3.61. The number of halogens is 1. The van der Waals surface area contributed by atoms with E-state index in [0.29, 0.717) is 17.2 Å². The van der Waals surface area contributed by atoms with Crippen LogP contribution < -0.4 is 16.3 Å². The van der Waals surface area contributed by atoms with Gasteiger partial charge in [0.2, 0.25) is 0 Å². The van der Waals surface area contributed by atoms with E-state index in [0.717, 1.165) is 26.7 Å². The van der Waals surface area contributed by atoms with Crippen molar-refractivity contribution in [2.45, 2.75) is 13.5 Å². The van der Waals surface area contributed by atoms with E-state index in [4.69, 9.17) is 16.6 Å². The van der Waals surface area contributed by atoms with E-state index in [1.54, 1.807) is 6.07 Å². The second-order valence-electron chi connectivity index (χ2n) is 5.36. The Kier molecular flexibility index (Phi) is 4.97. The Morgan fingerprint density at radius 3 is 2.79 bits per heavy atom. The summed E-state index contributed by atoms with van der Waals surface area (Å²) in [5, 5.41) is 7.67. The lowest BCUT2D eigenvalue weighted by atomic mass is 10.1. The Hall–Kier alpha value is -2.18. The van der Waals surface area contributed by atoms with Crippen molar-refractivity contribution in [2.24, 2.45) is 0 Å². The van der Waals surface area contributed by atoms with Crippen LogP contribution in [0.15, 0.2) is 62.2 Å². The average Bonchev–Trinajstić information content (AvgIpc) is 2.53. The Morgan fingerprint density at radius 1 is 1.21 bits per heavy atom. The van der Waals surface area contributed by atoms with Gasteiger partial charge < -0.3 is 15.1 Å². The SMILES string of the molecule is Cc1cc(=O)oc2cc(NC(=S)NCc3ccccc3Br)ccc12. The molecule has 1 aromatic heterocycles. The van der Waals surface area contributed by atoms with Crippen molar-refractivity contribution in [3.8, 4) is 0 Å². The minimum Gasteiger partial charge on any atom is -0.423 e. The molecule has 0 fully saturated rings. The van der Waals surface area contributed by atoms with Gasteiger partial charge in [-0.15, -0.1) is 0 Å². The molecule has 2 N–H and O–H groups in total. The summed E-state index contributed by atoms with van der Waals surface area (Å²) in [6.45, 7) is 2.49. The second kappa shape index (κ2) is 7.15. The molecule has 0 aliphatic rings. The molecule has 0 aliphatic heterocycles.